The lowest BCUT2D eigenvalue weighted by Gasteiger charge is -2.42. The van der Waals surface area contributed by atoms with Crippen molar-refractivity contribution in [1.29, 1.82) is 0 Å². The second-order valence-electron chi connectivity index (χ2n) is 16.9. The fourth-order valence-electron chi connectivity index (χ4n) is 9.19. The fourth-order valence-corrected chi connectivity index (χ4v) is 9.33. The van der Waals surface area contributed by atoms with Crippen LogP contribution >= 0.6 is 11.6 Å². The minimum Gasteiger partial charge on any atom is -0.488 e. The molecule has 2 atom stereocenters. The predicted octanol–water partition coefficient (Wildman–Crippen LogP) is 5.33. The highest BCUT2D eigenvalue weighted by Gasteiger charge is 2.51. The number of aryl methyl sites for hydroxylation is 2. The molecular formula is C42H45ClF2N10O5. The number of ether oxygens (including phenoxy) is 2. The molecule has 7 heterocycles. The number of fused-ring (bicyclic) bond motifs is 4. The van der Waals surface area contributed by atoms with Gasteiger partial charge in [-0.05, 0) is 74.3 Å². The van der Waals surface area contributed by atoms with Gasteiger partial charge in [-0.3, -0.25) is 29.3 Å². The monoisotopic (exact) mass is 842 g/mol. The zero-order chi connectivity index (χ0) is 41.4. The summed E-state index contributed by atoms with van der Waals surface area (Å²) in [5, 5.41) is 15.2. The van der Waals surface area contributed by atoms with E-state index in [2.05, 4.69) is 35.8 Å². The van der Waals surface area contributed by atoms with Crippen LogP contribution in [0.4, 0.5) is 31.9 Å². The van der Waals surface area contributed by atoms with Crippen molar-refractivity contribution in [2.24, 2.45) is 25.9 Å². The lowest BCUT2D eigenvalue weighted by molar-refractivity contribution is -0.134. The molecule has 1 aliphatic carbocycles. The summed E-state index contributed by atoms with van der Waals surface area (Å²) in [7, 11) is 3.45. The molecule has 4 aliphatic heterocycles. The van der Waals surface area contributed by atoms with Gasteiger partial charge in [0.25, 0.3) is 5.56 Å². The maximum absolute atomic E-state index is 15.1. The van der Waals surface area contributed by atoms with Crippen molar-refractivity contribution in [2.45, 2.75) is 62.5 Å². The highest BCUT2D eigenvalue weighted by molar-refractivity contribution is 6.33. The Hall–Kier alpha value is -5.55. The van der Waals surface area contributed by atoms with Gasteiger partial charge in [-0.1, -0.05) is 11.6 Å². The van der Waals surface area contributed by atoms with E-state index < -0.39 is 30.0 Å². The first-order valence-corrected chi connectivity index (χ1v) is 20.9. The zero-order valence-electron chi connectivity index (χ0n) is 33.2. The highest BCUT2D eigenvalue weighted by Crippen LogP contribution is 2.46. The number of hydrogen-bond acceptors (Lipinski definition) is 12. The molecule has 60 heavy (non-hydrogen) atoms. The standard InChI is InChI=1S/C42H45ClF2N10O5/c1-52-31-9-5-24(15-29(31)35-36(40(52)58)59-21-42(44,45)37(49-35)23-3-4-23)47-38-30(43)17-46-41(50-38)55-13-11-22(12-14-55)18-54-19-26(20-54)60-25-6-7-27-32(16-25)53(2)51-34(27)28-8-10-33(56)48-39(28)57/h5-7,9,15-17,22-23,26,28,37,49H,3-4,8,10-14,18-21H2,1-2H3,(H,46,47,50)(H,48,56,57). The van der Waals surface area contributed by atoms with Gasteiger partial charge in [0.05, 0.1) is 40.6 Å². The third-order valence-electron chi connectivity index (χ3n) is 12.7. The minimum absolute atomic E-state index is 0.0808. The van der Waals surface area contributed by atoms with Crippen molar-refractivity contribution in [1.82, 2.24) is 34.5 Å². The maximum Gasteiger partial charge on any atom is 0.301 e. The van der Waals surface area contributed by atoms with E-state index in [1.54, 1.807) is 36.1 Å². The number of anilines is 4. The molecule has 314 valence electrons. The predicted molar refractivity (Wildman–Crippen MR) is 222 cm³/mol. The molecule has 3 N–H and O–H groups in total. The number of halogens is 3. The number of nitrogens with one attached hydrogen (secondary N) is 3. The van der Waals surface area contributed by atoms with E-state index in [0.717, 1.165) is 62.2 Å². The molecule has 0 radical (unpaired) electrons. The molecule has 3 saturated heterocycles. The van der Waals surface area contributed by atoms with Gasteiger partial charge >= 0.3 is 5.92 Å². The third-order valence-corrected chi connectivity index (χ3v) is 12.9. The van der Waals surface area contributed by atoms with E-state index in [1.807, 2.05) is 25.2 Å². The second-order valence-corrected chi connectivity index (χ2v) is 17.3. The molecule has 4 fully saturated rings. The van der Waals surface area contributed by atoms with Gasteiger partial charge in [-0.15, -0.1) is 0 Å². The number of pyridine rings is 1. The maximum atomic E-state index is 15.1. The first-order valence-electron chi connectivity index (χ1n) is 20.6. The zero-order valence-corrected chi connectivity index (χ0v) is 34.0. The van der Waals surface area contributed by atoms with E-state index in [1.165, 1.54) is 4.57 Å². The molecule has 2 amide bonds. The second kappa shape index (κ2) is 14.9. The molecule has 3 aromatic heterocycles. The first-order chi connectivity index (χ1) is 28.9. The molecule has 5 aliphatic rings. The van der Waals surface area contributed by atoms with Gasteiger partial charge in [0, 0.05) is 75.8 Å². The van der Waals surface area contributed by atoms with Crippen molar-refractivity contribution in [3.05, 3.63) is 63.7 Å². The number of benzene rings is 2. The number of nitrogens with zero attached hydrogens (tertiary/aromatic N) is 7. The van der Waals surface area contributed by atoms with Crippen LogP contribution in [0.2, 0.25) is 5.02 Å². The van der Waals surface area contributed by atoms with Crippen molar-refractivity contribution < 1.29 is 27.8 Å². The van der Waals surface area contributed by atoms with Crippen molar-refractivity contribution >= 4 is 68.4 Å². The Kier molecular flexibility index (Phi) is 9.57. The number of amides is 2. The Morgan fingerprint density at radius 3 is 2.57 bits per heavy atom. The average Bonchev–Trinajstić information content (AvgIpc) is 4.02. The van der Waals surface area contributed by atoms with Crippen LogP contribution in [0.15, 0.2) is 47.4 Å². The average molecular weight is 843 g/mol. The number of alkyl halides is 2. The van der Waals surface area contributed by atoms with Crippen LogP contribution < -0.4 is 35.9 Å². The number of carbonyl (C=O) groups is 2. The number of imide groups is 1. The summed E-state index contributed by atoms with van der Waals surface area (Å²) < 4.78 is 45.3. The Morgan fingerprint density at radius 2 is 1.80 bits per heavy atom. The van der Waals surface area contributed by atoms with Gasteiger partial charge in [0.15, 0.2) is 12.4 Å². The Bertz CT molecular complexity index is 2600. The fraction of sp³-hybridized carbons (Fsp3) is 0.476. The summed E-state index contributed by atoms with van der Waals surface area (Å²) in [4.78, 5) is 51.3. The quantitative estimate of drug-likeness (QED) is 0.164. The summed E-state index contributed by atoms with van der Waals surface area (Å²) in [6.45, 7) is 3.38. The number of rotatable bonds is 9. The first kappa shape index (κ1) is 38.6. The van der Waals surface area contributed by atoms with Gasteiger partial charge in [0.1, 0.15) is 16.9 Å². The van der Waals surface area contributed by atoms with E-state index in [-0.39, 0.29) is 35.3 Å². The van der Waals surface area contributed by atoms with Crippen LogP contribution in [0.1, 0.15) is 50.1 Å². The molecule has 2 aromatic carbocycles. The van der Waals surface area contributed by atoms with E-state index in [4.69, 9.17) is 26.1 Å². The van der Waals surface area contributed by atoms with E-state index >= 15 is 8.78 Å². The van der Waals surface area contributed by atoms with Crippen LogP contribution in [0, 0.1) is 11.8 Å². The Balaban J connectivity index is 0.752. The van der Waals surface area contributed by atoms with E-state index in [0.29, 0.717) is 70.7 Å². The number of aromatic nitrogens is 5. The van der Waals surface area contributed by atoms with Crippen LogP contribution in [0.3, 0.4) is 0 Å². The van der Waals surface area contributed by atoms with Gasteiger partial charge in [-0.25, -0.2) is 13.8 Å². The van der Waals surface area contributed by atoms with Gasteiger partial charge in [-0.2, -0.15) is 10.1 Å². The van der Waals surface area contributed by atoms with E-state index in [9.17, 15) is 14.4 Å². The molecule has 15 nitrogen and oxygen atoms in total. The molecule has 1 saturated carbocycles. The van der Waals surface area contributed by atoms with Gasteiger partial charge in [0.2, 0.25) is 23.5 Å². The van der Waals surface area contributed by atoms with Crippen molar-refractivity contribution in [3.63, 3.8) is 0 Å². The summed E-state index contributed by atoms with van der Waals surface area (Å²) in [5.74, 6) is -2.16. The topological polar surface area (TPSA) is 161 Å². The van der Waals surface area contributed by atoms with Gasteiger partial charge < -0.3 is 29.6 Å². The van der Waals surface area contributed by atoms with Crippen molar-refractivity contribution in [2.75, 3.05) is 54.9 Å². The summed E-state index contributed by atoms with van der Waals surface area (Å²) in [6, 6.07) is 10.1. The molecule has 10 rings (SSSR count). The number of carbonyl (C=O) groups excluding carboxylic acids is 2. The summed E-state index contributed by atoms with van der Waals surface area (Å²) in [6.07, 6.45) is 5.77. The smallest absolute Gasteiger partial charge is 0.301 e. The Labute approximate surface area is 348 Å². The molecule has 5 aromatic rings. The SMILES string of the molecule is Cn1nc(C2CCC(=O)NC2=O)c2ccc(OC3CN(CC4CCN(c5ncc(Cl)c(Nc6ccc7c(c6)c6c(c(=O)n7C)OCC(F)(F)C(C7CC7)N6)n5)CC4)C3)cc21. The molecule has 0 spiro atoms. The summed E-state index contributed by atoms with van der Waals surface area (Å²) >= 11 is 6.61. The number of likely N-dealkylation sites (tertiary alicyclic amines) is 1. The van der Waals surface area contributed by atoms with Crippen molar-refractivity contribution in [3.8, 4) is 11.5 Å². The lowest BCUT2D eigenvalue weighted by Crippen LogP contribution is -2.55. The molecule has 0 bridgehead atoms. The normalized spacial score (nSPS) is 22.4. The molecule has 18 heteroatoms. The number of piperidine rings is 2. The third kappa shape index (κ3) is 7.14. The minimum atomic E-state index is -3.13. The van der Waals surface area contributed by atoms with Crippen LogP contribution in [0.25, 0.3) is 21.8 Å². The highest BCUT2D eigenvalue weighted by atomic mass is 35.5. The van der Waals surface area contributed by atoms with Crippen LogP contribution in [0.5, 0.6) is 11.5 Å². The summed E-state index contributed by atoms with van der Waals surface area (Å²) in [5.41, 5.74) is 2.55. The lowest BCUT2D eigenvalue weighted by atomic mass is 9.93. The molecular weight excluding hydrogens is 798 g/mol. The Morgan fingerprint density at radius 1 is 1.00 bits per heavy atom. The number of hydrogen-bond donors (Lipinski definition) is 3. The molecule has 2 unspecified atom stereocenters. The van der Waals surface area contributed by atoms with Crippen LogP contribution in [-0.2, 0) is 23.7 Å². The largest absolute Gasteiger partial charge is 0.488 e. The van der Waals surface area contributed by atoms with Crippen LogP contribution in [-0.4, -0.2) is 98.4 Å².